The Bertz CT molecular complexity index is 276. The summed E-state index contributed by atoms with van der Waals surface area (Å²) in [5.41, 5.74) is 0. The average Bonchev–Trinajstić information content (AvgIpc) is 2.30. The number of hydrogen-bond acceptors (Lipinski definition) is 4. The van der Waals surface area contributed by atoms with Gasteiger partial charge in [-0.05, 0) is 12.8 Å². The van der Waals surface area contributed by atoms with E-state index >= 15 is 0 Å². The first-order valence-corrected chi connectivity index (χ1v) is 7.05. The maximum atomic E-state index is 11.8. The van der Waals surface area contributed by atoms with Crippen LogP contribution in [0.1, 0.15) is 12.8 Å². The molecular formula is C9H21N3O3S. The van der Waals surface area contributed by atoms with Crippen LogP contribution in [0.4, 0.5) is 0 Å². The van der Waals surface area contributed by atoms with E-state index in [1.165, 1.54) is 4.31 Å². The molecule has 0 aliphatic carbocycles. The number of ether oxygens (including phenoxy) is 1. The van der Waals surface area contributed by atoms with Crippen LogP contribution in [0.3, 0.4) is 0 Å². The molecule has 0 saturated carbocycles. The molecular weight excluding hydrogens is 230 g/mol. The van der Waals surface area contributed by atoms with Crippen LogP contribution in [0.25, 0.3) is 0 Å². The molecule has 96 valence electrons. The molecule has 1 saturated heterocycles. The van der Waals surface area contributed by atoms with E-state index in [0.717, 1.165) is 25.9 Å². The third kappa shape index (κ3) is 4.75. The first-order valence-electron chi connectivity index (χ1n) is 5.61. The quantitative estimate of drug-likeness (QED) is 0.578. The standard InChI is InChI=1S/C9H21N3O3S/c1-15-9-3-2-4-11-16(13,14)12-7-5-10-6-8-12/h10-11H,2-9H2,1H3. The Kier molecular flexibility index (Phi) is 6.22. The van der Waals surface area contributed by atoms with E-state index in [2.05, 4.69) is 10.0 Å². The normalized spacial score (nSPS) is 18.8. The zero-order valence-electron chi connectivity index (χ0n) is 9.74. The van der Waals surface area contributed by atoms with Crippen LogP contribution < -0.4 is 10.0 Å². The van der Waals surface area contributed by atoms with E-state index in [4.69, 9.17) is 4.74 Å². The summed E-state index contributed by atoms with van der Waals surface area (Å²) >= 11 is 0. The molecule has 0 aromatic carbocycles. The molecule has 1 aliphatic heterocycles. The summed E-state index contributed by atoms with van der Waals surface area (Å²) in [6.45, 7) is 3.71. The van der Waals surface area contributed by atoms with Crippen molar-refractivity contribution >= 4 is 10.2 Å². The topological polar surface area (TPSA) is 70.7 Å². The van der Waals surface area contributed by atoms with Crippen molar-refractivity contribution in [3.05, 3.63) is 0 Å². The summed E-state index contributed by atoms with van der Waals surface area (Å²) in [6.07, 6.45) is 1.68. The molecule has 0 atom stereocenters. The maximum Gasteiger partial charge on any atom is 0.279 e. The predicted molar refractivity (Wildman–Crippen MR) is 62.5 cm³/mol. The zero-order valence-corrected chi connectivity index (χ0v) is 10.6. The first-order chi connectivity index (χ1) is 7.67. The number of hydrogen-bond donors (Lipinski definition) is 2. The Morgan fingerprint density at radius 1 is 1.31 bits per heavy atom. The van der Waals surface area contributed by atoms with Crippen molar-refractivity contribution < 1.29 is 13.2 Å². The second kappa shape index (κ2) is 7.18. The Balaban J connectivity index is 2.22. The molecule has 2 N–H and O–H groups in total. The van der Waals surface area contributed by atoms with Crippen LogP contribution in [0, 0.1) is 0 Å². The summed E-state index contributed by atoms with van der Waals surface area (Å²) in [5, 5.41) is 3.12. The molecule has 0 bridgehead atoms. The van der Waals surface area contributed by atoms with Gasteiger partial charge in [-0.25, -0.2) is 4.72 Å². The Morgan fingerprint density at radius 2 is 2.00 bits per heavy atom. The fourth-order valence-electron chi connectivity index (χ4n) is 1.55. The van der Waals surface area contributed by atoms with Gasteiger partial charge in [0.2, 0.25) is 0 Å². The Labute approximate surface area is 97.5 Å². The highest BCUT2D eigenvalue weighted by molar-refractivity contribution is 7.87. The predicted octanol–water partition coefficient (Wildman–Crippen LogP) is -0.847. The van der Waals surface area contributed by atoms with Crippen molar-refractivity contribution in [2.24, 2.45) is 0 Å². The minimum Gasteiger partial charge on any atom is -0.385 e. The number of rotatable bonds is 7. The SMILES string of the molecule is COCCCCNS(=O)(=O)N1CCNCC1. The molecule has 0 aromatic rings. The molecule has 0 unspecified atom stereocenters. The second-order valence-corrected chi connectivity index (χ2v) is 5.50. The highest BCUT2D eigenvalue weighted by Gasteiger charge is 2.22. The van der Waals surface area contributed by atoms with Crippen LogP contribution in [-0.2, 0) is 14.9 Å². The number of nitrogens with zero attached hydrogens (tertiary/aromatic N) is 1. The molecule has 1 heterocycles. The van der Waals surface area contributed by atoms with Gasteiger partial charge in [-0.1, -0.05) is 0 Å². The van der Waals surface area contributed by atoms with Crippen molar-refractivity contribution in [2.45, 2.75) is 12.8 Å². The summed E-state index contributed by atoms with van der Waals surface area (Å²) in [4.78, 5) is 0. The number of nitrogens with one attached hydrogen (secondary N) is 2. The highest BCUT2D eigenvalue weighted by Crippen LogP contribution is 2.00. The molecule has 1 rings (SSSR count). The average molecular weight is 251 g/mol. The van der Waals surface area contributed by atoms with Crippen molar-refractivity contribution in [1.82, 2.24) is 14.3 Å². The second-order valence-electron chi connectivity index (χ2n) is 3.75. The molecule has 0 radical (unpaired) electrons. The van der Waals surface area contributed by atoms with E-state index in [9.17, 15) is 8.42 Å². The van der Waals surface area contributed by atoms with Crippen molar-refractivity contribution in [1.29, 1.82) is 0 Å². The lowest BCUT2D eigenvalue weighted by molar-refractivity contribution is 0.193. The van der Waals surface area contributed by atoms with Crippen molar-refractivity contribution in [3.8, 4) is 0 Å². The van der Waals surface area contributed by atoms with E-state index < -0.39 is 10.2 Å². The molecule has 16 heavy (non-hydrogen) atoms. The highest BCUT2D eigenvalue weighted by atomic mass is 32.2. The summed E-state index contributed by atoms with van der Waals surface area (Å²) in [5.74, 6) is 0. The third-order valence-corrected chi connectivity index (χ3v) is 4.09. The summed E-state index contributed by atoms with van der Waals surface area (Å²) in [6, 6.07) is 0. The molecule has 7 heteroatoms. The monoisotopic (exact) mass is 251 g/mol. The van der Waals surface area contributed by atoms with Crippen LogP contribution in [-0.4, -0.2) is 59.2 Å². The van der Waals surface area contributed by atoms with Gasteiger partial charge in [0.25, 0.3) is 10.2 Å². The van der Waals surface area contributed by atoms with Gasteiger partial charge in [-0.15, -0.1) is 0 Å². The van der Waals surface area contributed by atoms with Gasteiger partial charge in [-0.3, -0.25) is 0 Å². The van der Waals surface area contributed by atoms with Crippen LogP contribution in [0.15, 0.2) is 0 Å². The fraction of sp³-hybridized carbons (Fsp3) is 1.00. The smallest absolute Gasteiger partial charge is 0.279 e. The lowest BCUT2D eigenvalue weighted by Gasteiger charge is -2.26. The molecule has 0 aromatic heterocycles. The molecule has 1 fully saturated rings. The minimum absolute atomic E-state index is 0.482. The van der Waals surface area contributed by atoms with Crippen LogP contribution in [0.2, 0.25) is 0 Å². The lowest BCUT2D eigenvalue weighted by Crippen LogP contribution is -2.50. The van der Waals surface area contributed by atoms with E-state index in [1.807, 2.05) is 0 Å². The van der Waals surface area contributed by atoms with Crippen molar-refractivity contribution in [2.75, 3.05) is 46.4 Å². The molecule has 0 amide bonds. The van der Waals surface area contributed by atoms with Crippen LogP contribution >= 0.6 is 0 Å². The minimum atomic E-state index is -3.27. The Morgan fingerprint density at radius 3 is 2.62 bits per heavy atom. The molecule has 1 aliphatic rings. The zero-order chi connectivity index (χ0) is 11.9. The lowest BCUT2D eigenvalue weighted by atomic mass is 10.3. The van der Waals surface area contributed by atoms with E-state index in [-0.39, 0.29) is 0 Å². The van der Waals surface area contributed by atoms with Gasteiger partial charge in [0.15, 0.2) is 0 Å². The summed E-state index contributed by atoms with van der Waals surface area (Å²) < 4.78 is 32.5. The summed E-state index contributed by atoms with van der Waals surface area (Å²) in [7, 11) is -1.62. The van der Waals surface area contributed by atoms with Gasteiger partial charge in [0.1, 0.15) is 0 Å². The van der Waals surface area contributed by atoms with Gasteiger partial charge < -0.3 is 10.1 Å². The van der Waals surface area contributed by atoms with Gasteiger partial charge in [0.05, 0.1) is 0 Å². The van der Waals surface area contributed by atoms with E-state index in [1.54, 1.807) is 7.11 Å². The number of methoxy groups -OCH3 is 1. The van der Waals surface area contributed by atoms with Gasteiger partial charge in [-0.2, -0.15) is 12.7 Å². The fourth-order valence-corrected chi connectivity index (χ4v) is 2.80. The Hall–Kier alpha value is -0.210. The van der Waals surface area contributed by atoms with Crippen molar-refractivity contribution in [3.63, 3.8) is 0 Å². The number of piperazine rings is 1. The third-order valence-electron chi connectivity index (χ3n) is 2.48. The van der Waals surface area contributed by atoms with Crippen LogP contribution in [0.5, 0.6) is 0 Å². The first kappa shape index (κ1) is 13.9. The number of unbranched alkanes of at least 4 members (excludes halogenated alkanes) is 1. The molecule has 6 nitrogen and oxygen atoms in total. The maximum absolute atomic E-state index is 11.8. The molecule has 0 spiro atoms. The largest absolute Gasteiger partial charge is 0.385 e. The van der Waals surface area contributed by atoms with E-state index in [0.29, 0.717) is 26.2 Å². The van der Waals surface area contributed by atoms with Gasteiger partial charge >= 0.3 is 0 Å². The van der Waals surface area contributed by atoms with Gasteiger partial charge in [0, 0.05) is 46.4 Å².